The summed E-state index contributed by atoms with van der Waals surface area (Å²) in [6.07, 6.45) is 6.33. The molecule has 1 saturated carbocycles. The highest BCUT2D eigenvalue weighted by Crippen LogP contribution is 2.41. The molecule has 1 saturated heterocycles. The van der Waals surface area contributed by atoms with Crippen molar-refractivity contribution in [3.63, 3.8) is 0 Å². The van der Waals surface area contributed by atoms with Gasteiger partial charge in [0.25, 0.3) is 11.8 Å². The van der Waals surface area contributed by atoms with E-state index in [4.69, 9.17) is 14.5 Å². The lowest BCUT2D eigenvalue weighted by Gasteiger charge is -2.37. The van der Waals surface area contributed by atoms with Gasteiger partial charge in [0.15, 0.2) is 6.10 Å². The zero-order valence-electron chi connectivity index (χ0n) is 26.8. The summed E-state index contributed by atoms with van der Waals surface area (Å²) in [7, 11) is 1.68. The van der Waals surface area contributed by atoms with Crippen molar-refractivity contribution in [3.8, 4) is 0 Å². The van der Waals surface area contributed by atoms with Crippen LogP contribution in [0.5, 0.6) is 0 Å². The van der Waals surface area contributed by atoms with Crippen LogP contribution in [0.15, 0.2) is 36.4 Å². The van der Waals surface area contributed by atoms with Gasteiger partial charge in [0, 0.05) is 19.0 Å². The molecule has 45 heavy (non-hydrogen) atoms. The molecule has 242 valence electrons. The lowest BCUT2D eigenvalue weighted by atomic mass is 9.72. The molecule has 2 fully saturated rings. The van der Waals surface area contributed by atoms with E-state index in [1.165, 1.54) is 5.01 Å². The van der Waals surface area contributed by atoms with E-state index in [2.05, 4.69) is 16.1 Å². The summed E-state index contributed by atoms with van der Waals surface area (Å²) in [4.78, 5) is 59.0. The first-order chi connectivity index (χ1) is 21.5. The molecule has 3 N–H and O–H groups in total. The Morgan fingerprint density at radius 3 is 2.40 bits per heavy atom. The number of methoxy groups -OCH3 is 1. The van der Waals surface area contributed by atoms with Crippen molar-refractivity contribution < 1.29 is 28.7 Å². The van der Waals surface area contributed by atoms with Gasteiger partial charge >= 0.3 is 5.97 Å². The molecule has 11 nitrogen and oxygen atoms in total. The van der Waals surface area contributed by atoms with Gasteiger partial charge in [-0.15, -0.1) is 0 Å². The molecule has 1 spiro atoms. The highest BCUT2D eigenvalue weighted by molar-refractivity contribution is 5.92. The number of hydrogen-bond acceptors (Lipinski definition) is 8. The van der Waals surface area contributed by atoms with E-state index in [0.717, 1.165) is 16.5 Å². The normalized spacial score (nSPS) is 31.1. The first kappa shape index (κ1) is 32.6. The average Bonchev–Trinajstić information content (AvgIpc) is 3.04. The highest BCUT2D eigenvalue weighted by Gasteiger charge is 2.44. The van der Waals surface area contributed by atoms with Crippen molar-refractivity contribution in [1.82, 2.24) is 26.1 Å². The second-order valence-corrected chi connectivity index (χ2v) is 13.0. The fourth-order valence-corrected chi connectivity index (χ4v) is 6.37. The molecule has 4 atom stereocenters. The minimum absolute atomic E-state index is 0.0480. The third kappa shape index (κ3) is 7.20. The summed E-state index contributed by atoms with van der Waals surface area (Å²) in [5.41, 5.74) is 4.44. The smallest absolute Gasteiger partial charge is 0.316 e. The monoisotopic (exact) mass is 619 g/mol. The maximum atomic E-state index is 14.0. The van der Waals surface area contributed by atoms with Crippen molar-refractivity contribution in [3.05, 3.63) is 47.7 Å². The molecule has 1 aliphatic carbocycles. The first-order valence-electron chi connectivity index (χ1n) is 16.0. The van der Waals surface area contributed by atoms with Gasteiger partial charge in [-0.3, -0.25) is 29.2 Å². The summed E-state index contributed by atoms with van der Waals surface area (Å²) in [6, 6.07) is 7.90. The van der Waals surface area contributed by atoms with Crippen LogP contribution >= 0.6 is 0 Å². The van der Waals surface area contributed by atoms with Crippen LogP contribution in [-0.4, -0.2) is 71.6 Å². The quantitative estimate of drug-likeness (QED) is 0.434. The SMILES string of the molecule is COC1CCC2(/C=C/c3ccc4ccc(nc4c3)[C@@H](C)NC(=O)C3CCCN(N3)C(=O)[C@H](C)NC(=O)[C@H](C(C)C)OC2=O)CC1. The number of fused-ring (bicyclic) bond motifs is 4. The lowest BCUT2D eigenvalue weighted by Crippen LogP contribution is -2.61. The van der Waals surface area contributed by atoms with Crippen LogP contribution in [0.1, 0.15) is 83.5 Å². The van der Waals surface area contributed by atoms with E-state index >= 15 is 0 Å². The molecule has 1 aromatic carbocycles. The van der Waals surface area contributed by atoms with Crippen LogP contribution in [0, 0.1) is 11.3 Å². The number of carbonyl (C=O) groups excluding carboxylic acids is 4. The molecule has 1 unspecified atom stereocenters. The number of cyclic esters (lactones) is 1. The molecule has 0 radical (unpaired) electrons. The minimum atomic E-state index is -1.09. The predicted octanol–water partition coefficient (Wildman–Crippen LogP) is 3.58. The lowest BCUT2D eigenvalue weighted by molar-refractivity contribution is -0.169. The topological polar surface area (TPSA) is 139 Å². The Labute approximate surface area is 264 Å². The van der Waals surface area contributed by atoms with E-state index in [1.807, 2.05) is 63.3 Å². The standard InChI is InChI=1S/C34H45N5O6/c1-20(2)29-31(41)36-22(4)32(42)39-18-6-7-27(38-39)30(40)35-21(3)26-11-10-24-9-8-23(19-28(24)37-26)12-15-34(33(43)45-29)16-13-25(44-5)14-17-34/h8-12,15,19-22,25,27,29,38H,6-7,13-14,16-18H2,1-5H3,(H,35,40)(H,36,41)/b15-12+/t21-,22+,25?,27?,29+,34?/m1/s1. The van der Waals surface area contributed by atoms with Crippen LogP contribution in [0.25, 0.3) is 17.0 Å². The number of esters is 1. The molecule has 1 aromatic heterocycles. The van der Waals surface area contributed by atoms with Gasteiger partial charge in [-0.05, 0) is 76.0 Å². The van der Waals surface area contributed by atoms with E-state index in [9.17, 15) is 19.2 Å². The predicted molar refractivity (Wildman–Crippen MR) is 169 cm³/mol. The molecule has 3 heterocycles. The minimum Gasteiger partial charge on any atom is -0.451 e. The van der Waals surface area contributed by atoms with Crippen LogP contribution in [0.3, 0.4) is 0 Å². The van der Waals surface area contributed by atoms with Crippen molar-refractivity contribution >= 4 is 40.7 Å². The molecule has 2 aromatic rings. The fourth-order valence-electron chi connectivity index (χ4n) is 6.37. The van der Waals surface area contributed by atoms with Crippen molar-refractivity contribution in [2.24, 2.45) is 11.3 Å². The Kier molecular flexibility index (Phi) is 9.88. The van der Waals surface area contributed by atoms with Crippen LogP contribution in [0.4, 0.5) is 0 Å². The van der Waals surface area contributed by atoms with Gasteiger partial charge in [-0.1, -0.05) is 44.2 Å². The first-order valence-corrected chi connectivity index (χ1v) is 16.0. The number of hydrazine groups is 1. The Bertz CT molecular complexity index is 1470. The second-order valence-electron chi connectivity index (χ2n) is 13.0. The van der Waals surface area contributed by atoms with Gasteiger partial charge < -0.3 is 20.1 Å². The van der Waals surface area contributed by atoms with Crippen LogP contribution in [0.2, 0.25) is 0 Å². The Hall–Kier alpha value is -3.83. The number of rotatable bonds is 2. The van der Waals surface area contributed by atoms with E-state index in [0.29, 0.717) is 50.8 Å². The zero-order chi connectivity index (χ0) is 32.3. The Morgan fingerprint density at radius 2 is 1.69 bits per heavy atom. The number of hydrogen-bond donors (Lipinski definition) is 3. The summed E-state index contributed by atoms with van der Waals surface area (Å²) in [6.45, 7) is 7.48. The van der Waals surface area contributed by atoms with Crippen LogP contribution in [-0.2, 0) is 28.7 Å². The van der Waals surface area contributed by atoms with Gasteiger partial charge in [0.2, 0.25) is 5.91 Å². The van der Waals surface area contributed by atoms with Crippen molar-refractivity contribution in [2.45, 2.75) is 96.6 Å². The molecule has 3 aliphatic rings. The zero-order valence-corrected chi connectivity index (χ0v) is 26.8. The number of ether oxygens (including phenoxy) is 2. The van der Waals surface area contributed by atoms with Crippen molar-refractivity contribution in [2.75, 3.05) is 13.7 Å². The van der Waals surface area contributed by atoms with Gasteiger partial charge in [0.05, 0.1) is 28.8 Å². The number of aromatic nitrogens is 1. The molecule has 11 heteroatoms. The number of carbonyl (C=O) groups is 4. The maximum Gasteiger partial charge on any atom is 0.316 e. The molecule has 2 aliphatic heterocycles. The number of nitrogens with one attached hydrogen (secondary N) is 3. The number of nitrogens with zero attached hydrogens (tertiary/aromatic N) is 2. The third-order valence-corrected chi connectivity index (χ3v) is 9.30. The van der Waals surface area contributed by atoms with E-state index < -0.39 is 35.5 Å². The highest BCUT2D eigenvalue weighted by atomic mass is 16.6. The number of benzene rings is 1. The molecular formula is C34H45N5O6. The molecular weight excluding hydrogens is 574 g/mol. The van der Waals surface area contributed by atoms with E-state index in [-0.39, 0.29) is 29.9 Å². The number of pyridine rings is 1. The second kappa shape index (κ2) is 13.7. The Balaban J connectivity index is 1.53. The van der Waals surface area contributed by atoms with E-state index in [1.54, 1.807) is 14.0 Å². The summed E-state index contributed by atoms with van der Waals surface area (Å²) >= 11 is 0. The fraction of sp³-hybridized carbons (Fsp3) is 0.559. The van der Waals surface area contributed by atoms with Crippen molar-refractivity contribution in [1.29, 1.82) is 0 Å². The third-order valence-electron chi connectivity index (χ3n) is 9.30. The average molecular weight is 620 g/mol. The molecule has 3 amide bonds. The molecule has 5 bridgehead atoms. The number of amides is 3. The summed E-state index contributed by atoms with van der Waals surface area (Å²) < 4.78 is 11.6. The van der Waals surface area contributed by atoms with Gasteiger partial charge in [-0.25, -0.2) is 5.43 Å². The molecule has 5 rings (SSSR count). The van der Waals surface area contributed by atoms with Crippen LogP contribution < -0.4 is 16.1 Å². The largest absolute Gasteiger partial charge is 0.451 e. The maximum absolute atomic E-state index is 14.0. The van der Waals surface area contributed by atoms with Gasteiger partial charge in [-0.2, -0.15) is 0 Å². The summed E-state index contributed by atoms with van der Waals surface area (Å²) in [5.74, 6) is -1.95. The Morgan fingerprint density at radius 1 is 0.978 bits per heavy atom. The summed E-state index contributed by atoms with van der Waals surface area (Å²) in [5, 5.41) is 8.14. The van der Waals surface area contributed by atoms with Gasteiger partial charge in [0.1, 0.15) is 12.1 Å².